The van der Waals surface area contributed by atoms with Crippen LogP contribution in [0.15, 0.2) is 4.99 Å². The Kier molecular flexibility index (Phi) is 11.6. The van der Waals surface area contributed by atoms with E-state index in [1.807, 2.05) is 0 Å². The molecule has 0 radical (unpaired) electrons. The van der Waals surface area contributed by atoms with Crippen molar-refractivity contribution in [1.29, 1.82) is 0 Å². The van der Waals surface area contributed by atoms with Crippen molar-refractivity contribution in [3.8, 4) is 0 Å². The van der Waals surface area contributed by atoms with Gasteiger partial charge in [-0.05, 0) is 39.3 Å². The van der Waals surface area contributed by atoms with Gasteiger partial charge in [-0.25, -0.2) is 4.99 Å². The molecule has 24 heavy (non-hydrogen) atoms. The minimum atomic E-state index is 0. The summed E-state index contributed by atoms with van der Waals surface area (Å²) in [4.78, 5) is 22.7. The largest absolute Gasteiger partial charge is 0.354 e. The lowest BCUT2D eigenvalue weighted by molar-refractivity contribution is -0.127. The molecule has 0 saturated carbocycles. The standard InChI is InChI=1S/C17H35N5O.HI/c1-7-14(3)19-17(18-12-16(23)20(4)5)21(6)13-15-10-9-11-22(15)8-2;/h14-15H,7-13H2,1-6H3,(H,18,19);1H. The summed E-state index contributed by atoms with van der Waals surface area (Å²) in [6, 6.07) is 0.926. The van der Waals surface area contributed by atoms with Crippen molar-refractivity contribution in [3.05, 3.63) is 0 Å². The third kappa shape index (κ3) is 7.55. The van der Waals surface area contributed by atoms with Gasteiger partial charge in [-0.1, -0.05) is 13.8 Å². The Hall–Kier alpha value is -0.570. The first-order valence-electron chi connectivity index (χ1n) is 8.85. The Labute approximate surface area is 165 Å². The van der Waals surface area contributed by atoms with Crippen molar-refractivity contribution in [3.63, 3.8) is 0 Å². The molecule has 1 heterocycles. The Morgan fingerprint density at radius 1 is 1.33 bits per heavy atom. The van der Waals surface area contributed by atoms with E-state index in [4.69, 9.17) is 0 Å². The second-order valence-corrected chi connectivity index (χ2v) is 6.69. The summed E-state index contributed by atoms with van der Waals surface area (Å²) in [5.41, 5.74) is 0. The molecule has 0 bridgehead atoms. The Morgan fingerprint density at radius 3 is 2.54 bits per heavy atom. The number of carbonyl (C=O) groups excluding carboxylic acids is 1. The van der Waals surface area contributed by atoms with Crippen LogP contribution in [0.5, 0.6) is 0 Å². The zero-order valence-electron chi connectivity index (χ0n) is 16.2. The van der Waals surface area contributed by atoms with Crippen LogP contribution in [0.3, 0.4) is 0 Å². The van der Waals surface area contributed by atoms with Gasteiger partial charge in [0.25, 0.3) is 0 Å². The molecule has 1 N–H and O–H groups in total. The summed E-state index contributed by atoms with van der Waals surface area (Å²) in [6.45, 7) is 9.95. The van der Waals surface area contributed by atoms with Crippen molar-refractivity contribution in [2.45, 2.75) is 52.1 Å². The zero-order chi connectivity index (χ0) is 17.4. The summed E-state index contributed by atoms with van der Waals surface area (Å²) >= 11 is 0. The molecular weight excluding hydrogens is 417 g/mol. The molecule has 1 saturated heterocycles. The van der Waals surface area contributed by atoms with Crippen molar-refractivity contribution >= 4 is 35.8 Å². The van der Waals surface area contributed by atoms with Crippen LogP contribution in [-0.4, -0.2) is 86.0 Å². The lowest BCUT2D eigenvalue weighted by atomic mass is 10.2. The Balaban J connectivity index is 0.00000529. The van der Waals surface area contributed by atoms with Crippen molar-refractivity contribution < 1.29 is 4.79 Å². The predicted octanol–water partition coefficient (Wildman–Crippen LogP) is 1.85. The monoisotopic (exact) mass is 453 g/mol. The highest BCUT2D eigenvalue weighted by Crippen LogP contribution is 2.17. The first-order valence-corrected chi connectivity index (χ1v) is 8.85. The summed E-state index contributed by atoms with van der Waals surface area (Å²) in [6.07, 6.45) is 3.54. The minimum Gasteiger partial charge on any atom is -0.354 e. The van der Waals surface area contributed by atoms with E-state index < -0.39 is 0 Å². The number of likely N-dealkylation sites (tertiary alicyclic amines) is 1. The van der Waals surface area contributed by atoms with E-state index in [1.165, 1.54) is 19.4 Å². The van der Waals surface area contributed by atoms with Crippen molar-refractivity contribution in [2.24, 2.45) is 4.99 Å². The molecule has 0 aromatic rings. The lowest BCUT2D eigenvalue weighted by Gasteiger charge is -2.31. The summed E-state index contributed by atoms with van der Waals surface area (Å²) in [7, 11) is 5.60. The normalized spacial score (nSPS) is 19.6. The number of nitrogens with zero attached hydrogens (tertiary/aromatic N) is 4. The van der Waals surface area contributed by atoms with E-state index in [2.05, 4.69) is 47.9 Å². The van der Waals surface area contributed by atoms with E-state index in [1.54, 1.807) is 19.0 Å². The average molecular weight is 453 g/mol. The zero-order valence-corrected chi connectivity index (χ0v) is 18.5. The van der Waals surface area contributed by atoms with Gasteiger partial charge in [0.2, 0.25) is 5.91 Å². The number of amides is 1. The molecule has 1 aliphatic rings. The predicted molar refractivity (Wildman–Crippen MR) is 112 cm³/mol. The van der Waals surface area contributed by atoms with Crippen LogP contribution in [0.1, 0.15) is 40.0 Å². The molecule has 0 aromatic heterocycles. The third-order valence-electron chi connectivity index (χ3n) is 4.60. The number of hydrogen-bond acceptors (Lipinski definition) is 3. The fourth-order valence-electron chi connectivity index (χ4n) is 2.80. The number of hydrogen-bond donors (Lipinski definition) is 1. The van der Waals surface area contributed by atoms with Crippen LogP contribution in [0.4, 0.5) is 0 Å². The van der Waals surface area contributed by atoms with E-state index in [9.17, 15) is 4.79 Å². The van der Waals surface area contributed by atoms with E-state index in [-0.39, 0.29) is 36.4 Å². The smallest absolute Gasteiger partial charge is 0.243 e. The molecule has 0 aromatic carbocycles. The van der Waals surface area contributed by atoms with E-state index in [0.29, 0.717) is 12.1 Å². The molecule has 7 heteroatoms. The van der Waals surface area contributed by atoms with Gasteiger partial charge < -0.3 is 15.1 Å². The van der Waals surface area contributed by atoms with Crippen LogP contribution in [0.2, 0.25) is 0 Å². The summed E-state index contributed by atoms with van der Waals surface area (Å²) in [5, 5.41) is 3.45. The van der Waals surface area contributed by atoms with Crippen LogP contribution in [-0.2, 0) is 4.79 Å². The molecule has 6 nitrogen and oxygen atoms in total. The number of guanidine groups is 1. The quantitative estimate of drug-likeness (QED) is 0.363. The minimum absolute atomic E-state index is 0. The maximum absolute atomic E-state index is 11.8. The van der Waals surface area contributed by atoms with Gasteiger partial charge in [0.05, 0.1) is 0 Å². The van der Waals surface area contributed by atoms with Gasteiger partial charge in [0, 0.05) is 39.8 Å². The highest BCUT2D eigenvalue weighted by Gasteiger charge is 2.25. The van der Waals surface area contributed by atoms with Gasteiger partial charge in [0.15, 0.2) is 5.96 Å². The second kappa shape index (κ2) is 11.9. The number of nitrogens with one attached hydrogen (secondary N) is 1. The molecule has 1 aliphatic heterocycles. The highest BCUT2D eigenvalue weighted by molar-refractivity contribution is 14.0. The third-order valence-corrected chi connectivity index (χ3v) is 4.60. The van der Waals surface area contributed by atoms with E-state index in [0.717, 1.165) is 25.5 Å². The van der Waals surface area contributed by atoms with Crippen LogP contribution in [0, 0.1) is 0 Å². The number of likely N-dealkylation sites (N-methyl/N-ethyl adjacent to an activating group) is 3. The fourth-order valence-corrected chi connectivity index (χ4v) is 2.80. The Bertz CT molecular complexity index is 402. The van der Waals surface area contributed by atoms with Gasteiger partial charge in [-0.2, -0.15) is 0 Å². The van der Waals surface area contributed by atoms with Gasteiger partial charge in [-0.3, -0.25) is 9.69 Å². The summed E-state index contributed by atoms with van der Waals surface area (Å²) in [5.74, 6) is 0.857. The molecule has 1 amide bonds. The Morgan fingerprint density at radius 2 is 2.00 bits per heavy atom. The molecule has 0 aliphatic carbocycles. The lowest BCUT2D eigenvalue weighted by Crippen LogP contribution is -2.48. The number of rotatable bonds is 7. The molecule has 0 spiro atoms. The molecule has 1 rings (SSSR count). The SMILES string of the molecule is CCC(C)NC(=NCC(=O)N(C)C)N(C)CC1CCCN1CC.I. The van der Waals surface area contributed by atoms with Crippen LogP contribution >= 0.6 is 24.0 Å². The maximum Gasteiger partial charge on any atom is 0.243 e. The van der Waals surface area contributed by atoms with Gasteiger partial charge >= 0.3 is 0 Å². The number of halogens is 1. The maximum atomic E-state index is 11.8. The van der Waals surface area contributed by atoms with Gasteiger partial charge in [0.1, 0.15) is 6.54 Å². The summed E-state index contributed by atoms with van der Waals surface area (Å²) < 4.78 is 0. The van der Waals surface area contributed by atoms with E-state index >= 15 is 0 Å². The van der Waals surface area contributed by atoms with Crippen LogP contribution < -0.4 is 5.32 Å². The average Bonchev–Trinajstić information content (AvgIpc) is 2.97. The van der Waals surface area contributed by atoms with Crippen molar-refractivity contribution in [2.75, 3.05) is 47.3 Å². The first kappa shape index (κ1) is 23.4. The van der Waals surface area contributed by atoms with Crippen LogP contribution in [0.25, 0.3) is 0 Å². The molecule has 142 valence electrons. The molecule has 1 fully saturated rings. The first-order chi connectivity index (χ1) is 10.9. The second-order valence-electron chi connectivity index (χ2n) is 6.69. The number of aliphatic imine (C=N–C) groups is 1. The van der Waals surface area contributed by atoms with Crippen molar-refractivity contribution in [1.82, 2.24) is 20.0 Å². The molecule has 2 atom stereocenters. The van der Waals surface area contributed by atoms with Gasteiger partial charge in [-0.15, -0.1) is 24.0 Å². The highest BCUT2D eigenvalue weighted by atomic mass is 127. The topological polar surface area (TPSA) is 51.2 Å². The molecular formula is C17H36IN5O. The number of carbonyl (C=O) groups is 1. The fraction of sp³-hybridized carbons (Fsp3) is 0.882. The molecule has 2 unspecified atom stereocenters.